The van der Waals surface area contributed by atoms with Crippen LogP contribution in [0.3, 0.4) is 0 Å². The number of anilines is 1. The van der Waals surface area contributed by atoms with Gasteiger partial charge in [0.05, 0.1) is 12.1 Å². The molecule has 5 heteroatoms. The van der Waals surface area contributed by atoms with Crippen LogP contribution in [0.2, 0.25) is 0 Å². The summed E-state index contributed by atoms with van der Waals surface area (Å²) in [6.07, 6.45) is 4.61. The molecule has 148 valence electrons. The third-order valence-corrected chi connectivity index (χ3v) is 5.60. The Morgan fingerprint density at radius 2 is 1.79 bits per heavy atom. The fourth-order valence-electron chi connectivity index (χ4n) is 3.03. The summed E-state index contributed by atoms with van der Waals surface area (Å²) in [5, 5.41) is 14.8. The Labute approximate surface area is 171 Å². The Bertz CT molecular complexity index is 913. The monoisotopic (exact) mass is 395 g/mol. The summed E-state index contributed by atoms with van der Waals surface area (Å²) in [4.78, 5) is 9.59. The van der Waals surface area contributed by atoms with Crippen LogP contribution in [0.1, 0.15) is 45.1 Å². The van der Waals surface area contributed by atoms with Gasteiger partial charge < -0.3 is 10.4 Å². The van der Waals surface area contributed by atoms with Gasteiger partial charge in [-0.05, 0) is 47.7 Å². The number of unbranched alkanes of at least 4 members (excludes halogenated alkanes) is 2. The number of nitrogens with zero attached hydrogens (tertiary/aromatic N) is 2. The van der Waals surface area contributed by atoms with Crippen LogP contribution in [0.5, 0.6) is 0 Å². The highest BCUT2D eigenvalue weighted by Gasteiger charge is 2.10. The highest BCUT2D eigenvalue weighted by molar-refractivity contribution is 7.99. The Hall–Kier alpha value is -2.11. The fourth-order valence-corrected chi connectivity index (χ4v) is 3.96. The number of aliphatic hydroxyl groups is 1. The second-order valence-electron chi connectivity index (χ2n) is 6.93. The minimum absolute atomic E-state index is 0.0483. The SMILES string of the molecule is CCCCNc1nc(SCCCC)nc2ccc(-c3cccc(CO)c3)cc12. The third-order valence-electron chi connectivity index (χ3n) is 4.67. The number of fused-ring (bicyclic) bond motifs is 1. The number of aromatic nitrogens is 2. The molecule has 1 heterocycles. The van der Waals surface area contributed by atoms with E-state index in [2.05, 4.69) is 43.4 Å². The number of benzene rings is 2. The van der Waals surface area contributed by atoms with Gasteiger partial charge in [-0.15, -0.1) is 0 Å². The molecule has 3 rings (SSSR count). The number of hydrogen-bond acceptors (Lipinski definition) is 5. The molecule has 0 spiro atoms. The highest BCUT2D eigenvalue weighted by Crippen LogP contribution is 2.30. The molecule has 0 bridgehead atoms. The van der Waals surface area contributed by atoms with Crippen LogP contribution in [0.4, 0.5) is 5.82 Å². The summed E-state index contributed by atoms with van der Waals surface area (Å²) < 4.78 is 0. The Morgan fingerprint density at radius 3 is 2.57 bits per heavy atom. The summed E-state index contributed by atoms with van der Waals surface area (Å²) in [6.45, 7) is 5.35. The van der Waals surface area contributed by atoms with Gasteiger partial charge in [0, 0.05) is 17.7 Å². The molecule has 2 N–H and O–H groups in total. The van der Waals surface area contributed by atoms with Crippen LogP contribution >= 0.6 is 11.8 Å². The molecule has 0 unspecified atom stereocenters. The van der Waals surface area contributed by atoms with Crippen LogP contribution < -0.4 is 5.32 Å². The predicted molar refractivity (Wildman–Crippen MR) is 120 cm³/mol. The zero-order valence-corrected chi connectivity index (χ0v) is 17.6. The highest BCUT2D eigenvalue weighted by atomic mass is 32.2. The second-order valence-corrected chi connectivity index (χ2v) is 7.99. The summed E-state index contributed by atoms with van der Waals surface area (Å²) in [6, 6.07) is 14.3. The molecule has 0 fully saturated rings. The fraction of sp³-hybridized carbons (Fsp3) is 0.391. The van der Waals surface area contributed by atoms with E-state index in [1.165, 1.54) is 12.8 Å². The standard InChI is InChI=1S/C23H29N3OS/c1-3-5-12-24-22-20-15-19(18-9-7-8-17(14-18)16-27)10-11-21(20)25-23(26-22)28-13-6-4-2/h7-11,14-15,27H,3-6,12-13,16H2,1-2H3,(H,24,25,26). The number of hydrogen-bond donors (Lipinski definition) is 2. The molecule has 1 aromatic heterocycles. The molecule has 0 aliphatic rings. The van der Waals surface area contributed by atoms with Crippen LogP contribution in [-0.2, 0) is 6.61 Å². The predicted octanol–water partition coefficient (Wildman–Crippen LogP) is 5.89. The molecule has 2 aromatic carbocycles. The first-order valence-corrected chi connectivity index (χ1v) is 11.1. The molecule has 0 saturated carbocycles. The molecule has 28 heavy (non-hydrogen) atoms. The summed E-state index contributed by atoms with van der Waals surface area (Å²) in [5.74, 6) is 1.96. The van der Waals surface area contributed by atoms with E-state index >= 15 is 0 Å². The quantitative estimate of drug-likeness (QED) is 0.254. The van der Waals surface area contributed by atoms with E-state index < -0.39 is 0 Å². The van der Waals surface area contributed by atoms with Gasteiger partial charge in [-0.25, -0.2) is 9.97 Å². The van der Waals surface area contributed by atoms with Gasteiger partial charge in [-0.1, -0.05) is 62.7 Å². The zero-order valence-electron chi connectivity index (χ0n) is 16.7. The molecule has 0 saturated heterocycles. The smallest absolute Gasteiger partial charge is 0.190 e. The number of thioether (sulfide) groups is 1. The van der Waals surface area contributed by atoms with Gasteiger partial charge in [0.25, 0.3) is 0 Å². The molecule has 0 aliphatic carbocycles. The lowest BCUT2D eigenvalue weighted by atomic mass is 10.0. The molecule has 0 radical (unpaired) electrons. The van der Waals surface area contributed by atoms with Gasteiger partial charge in [-0.2, -0.15) is 0 Å². The number of aliphatic hydroxyl groups excluding tert-OH is 1. The van der Waals surface area contributed by atoms with Crippen LogP contribution in [-0.4, -0.2) is 27.4 Å². The topological polar surface area (TPSA) is 58.0 Å². The van der Waals surface area contributed by atoms with Crippen molar-refractivity contribution < 1.29 is 5.11 Å². The first kappa shape index (κ1) is 20.6. The third kappa shape index (κ3) is 5.24. The van der Waals surface area contributed by atoms with Crippen LogP contribution in [0.25, 0.3) is 22.0 Å². The van der Waals surface area contributed by atoms with Crippen LogP contribution in [0.15, 0.2) is 47.6 Å². The Kier molecular flexibility index (Phi) is 7.69. The minimum atomic E-state index is 0.0483. The Morgan fingerprint density at radius 1 is 0.964 bits per heavy atom. The van der Waals surface area contributed by atoms with Crippen molar-refractivity contribution in [1.82, 2.24) is 9.97 Å². The average Bonchev–Trinajstić information content (AvgIpc) is 2.74. The molecule has 0 aliphatic heterocycles. The van der Waals surface area contributed by atoms with Gasteiger partial charge in [-0.3, -0.25) is 0 Å². The Balaban J connectivity index is 1.98. The molecule has 4 nitrogen and oxygen atoms in total. The molecule has 0 atom stereocenters. The lowest BCUT2D eigenvalue weighted by Crippen LogP contribution is -2.05. The van der Waals surface area contributed by atoms with Crippen molar-refractivity contribution in [3.8, 4) is 11.1 Å². The maximum atomic E-state index is 9.43. The molecular weight excluding hydrogens is 366 g/mol. The second kappa shape index (κ2) is 10.4. The molecular formula is C23H29N3OS. The molecule has 0 amide bonds. The van der Waals surface area contributed by atoms with Gasteiger partial charge in [0.2, 0.25) is 0 Å². The van der Waals surface area contributed by atoms with E-state index in [0.29, 0.717) is 0 Å². The first-order valence-electron chi connectivity index (χ1n) is 10.1. The van der Waals surface area contributed by atoms with Crippen molar-refractivity contribution in [2.24, 2.45) is 0 Å². The first-order chi connectivity index (χ1) is 13.7. The van der Waals surface area contributed by atoms with Crippen molar-refractivity contribution in [2.45, 2.75) is 51.3 Å². The normalized spacial score (nSPS) is 11.1. The van der Waals surface area contributed by atoms with Crippen LogP contribution in [0, 0.1) is 0 Å². The van der Waals surface area contributed by atoms with Crippen molar-refractivity contribution in [1.29, 1.82) is 0 Å². The van der Waals surface area contributed by atoms with Gasteiger partial charge in [0.1, 0.15) is 5.82 Å². The largest absolute Gasteiger partial charge is 0.392 e. The lowest BCUT2D eigenvalue weighted by Gasteiger charge is -2.12. The van der Waals surface area contributed by atoms with Crippen molar-refractivity contribution in [3.05, 3.63) is 48.0 Å². The van der Waals surface area contributed by atoms with Gasteiger partial charge in [0.15, 0.2) is 5.16 Å². The van der Waals surface area contributed by atoms with E-state index in [4.69, 9.17) is 9.97 Å². The molecule has 3 aromatic rings. The average molecular weight is 396 g/mol. The van der Waals surface area contributed by atoms with E-state index in [1.807, 2.05) is 18.2 Å². The van der Waals surface area contributed by atoms with E-state index in [-0.39, 0.29) is 6.61 Å². The van der Waals surface area contributed by atoms with E-state index in [0.717, 1.165) is 63.7 Å². The van der Waals surface area contributed by atoms with Gasteiger partial charge >= 0.3 is 0 Å². The summed E-state index contributed by atoms with van der Waals surface area (Å²) >= 11 is 1.73. The van der Waals surface area contributed by atoms with Crippen molar-refractivity contribution in [2.75, 3.05) is 17.6 Å². The summed E-state index contributed by atoms with van der Waals surface area (Å²) in [5.41, 5.74) is 4.08. The minimum Gasteiger partial charge on any atom is -0.392 e. The zero-order chi connectivity index (χ0) is 19.8. The summed E-state index contributed by atoms with van der Waals surface area (Å²) in [7, 11) is 0. The lowest BCUT2D eigenvalue weighted by molar-refractivity contribution is 0.282. The number of nitrogens with one attached hydrogen (secondary N) is 1. The van der Waals surface area contributed by atoms with Crippen molar-refractivity contribution in [3.63, 3.8) is 0 Å². The van der Waals surface area contributed by atoms with Crippen molar-refractivity contribution >= 4 is 28.5 Å². The maximum absolute atomic E-state index is 9.43. The van der Waals surface area contributed by atoms with E-state index in [1.54, 1.807) is 11.8 Å². The number of rotatable bonds is 10. The maximum Gasteiger partial charge on any atom is 0.190 e. The van der Waals surface area contributed by atoms with E-state index in [9.17, 15) is 5.11 Å².